The first kappa shape index (κ1) is 16.4. The van der Waals surface area contributed by atoms with E-state index in [1.165, 1.54) is 18.4 Å². The molecule has 2 N–H and O–H groups in total. The Hall–Kier alpha value is -0.420. The number of β-amino-alcohol motifs (C(OH)–C–C–N with tert-alkyl or cyclic N) is 2. The first-order chi connectivity index (χ1) is 10.5. The Labute approximate surface area is 134 Å². The van der Waals surface area contributed by atoms with Gasteiger partial charge in [-0.25, -0.2) is 0 Å². The third-order valence-corrected chi connectivity index (χ3v) is 6.11. The van der Waals surface area contributed by atoms with Crippen LogP contribution in [-0.2, 0) is 4.74 Å². The van der Waals surface area contributed by atoms with Crippen molar-refractivity contribution in [3.05, 3.63) is 11.6 Å². The van der Waals surface area contributed by atoms with Gasteiger partial charge in [0, 0.05) is 13.1 Å². The zero-order chi connectivity index (χ0) is 15.7. The molecule has 4 heteroatoms. The van der Waals surface area contributed by atoms with Crippen LogP contribution in [0.2, 0.25) is 0 Å². The van der Waals surface area contributed by atoms with Gasteiger partial charge in [0.1, 0.15) is 0 Å². The number of piperidine rings is 1. The quantitative estimate of drug-likeness (QED) is 0.735. The van der Waals surface area contributed by atoms with E-state index in [0.29, 0.717) is 37.6 Å². The van der Waals surface area contributed by atoms with E-state index in [-0.39, 0.29) is 6.10 Å². The summed E-state index contributed by atoms with van der Waals surface area (Å²) in [5, 5.41) is 19.8. The number of aliphatic hydroxyl groups excluding tert-OH is 2. The maximum atomic E-state index is 10.1. The largest absolute Gasteiger partial charge is 0.392 e. The van der Waals surface area contributed by atoms with Crippen molar-refractivity contribution < 1.29 is 14.9 Å². The van der Waals surface area contributed by atoms with Gasteiger partial charge in [0.15, 0.2) is 0 Å². The minimum Gasteiger partial charge on any atom is -0.392 e. The average Bonchev–Trinajstić information content (AvgIpc) is 2.47. The van der Waals surface area contributed by atoms with Crippen LogP contribution in [-0.4, -0.2) is 60.2 Å². The molecule has 4 rings (SSSR count). The van der Waals surface area contributed by atoms with Crippen LogP contribution in [0.25, 0.3) is 0 Å². The van der Waals surface area contributed by atoms with Crippen LogP contribution in [0.15, 0.2) is 11.6 Å². The molecular weight excluding hydrogens is 278 g/mol. The molecule has 0 radical (unpaired) electrons. The summed E-state index contributed by atoms with van der Waals surface area (Å²) in [7, 11) is 0. The highest BCUT2D eigenvalue weighted by Gasteiger charge is 2.50. The molecule has 1 saturated carbocycles. The molecule has 1 heterocycles. The number of nitrogens with zero attached hydrogens (tertiary/aromatic N) is 1. The van der Waals surface area contributed by atoms with Crippen LogP contribution < -0.4 is 0 Å². The van der Waals surface area contributed by atoms with Crippen molar-refractivity contribution in [2.24, 2.45) is 17.3 Å². The molecule has 0 aromatic carbocycles. The Morgan fingerprint density at radius 3 is 2.95 bits per heavy atom. The lowest BCUT2D eigenvalue weighted by Crippen LogP contribution is -2.48. The predicted octanol–water partition coefficient (Wildman–Crippen LogP) is 1.81. The maximum Gasteiger partial charge on any atom is 0.0900 e. The van der Waals surface area contributed by atoms with Crippen LogP contribution in [0.1, 0.15) is 39.5 Å². The summed E-state index contributed by atoms with van der Waals surface area (Å²) in [6, 6.07) is 0. The number of hydrogen-bond acceptors (Lipinski definition) is 4. The number of likely N-dealkylation sites (tertiary alicyclic amines) is 1. The van der Waals surface area contributed by atoms with Crippen LogP contribution in [0.4, 0.5) is 0 Å². The number of rotatable bonds is 6. The monoisotopic (exact) mass is 309 g/mol. The minimum absolute atomic E-state index is 0.233. The molecule has 0 aromatic heterocycles. The highest BCUT2D eigenvalue weighted by Crippen LogP contribution is 2.59. The van der Waals surface area contributed by atoms with E-state index in [4.69, 9.17) is 4.74 Å². The summed E-state index contributed by atoms with van der Waals surface area (Å²) in [6.45, 7) is 8.05. The standard InChI is InChI=1S/C18H31NO3/c1-18(2)14-6-5-13(17(18)8-14)11-22-12-16(21)10-19-7-3-4-15(20)9-19/h5,14-17,20-21H,3-4,6-12H2,1-2H3/t14-,15-,16+,17+/m0/s1. The number of allylic oxidation sites excluding steroid dienone is 1. The van der Waals surface area contributed by atoms with Gasteiger partial charge < -0.3 is 14.9 Å². The molecule has 2 bridgehead atoms. The van der Waals surface area contributed by atoms with Crippen LogP contribution >= 0.6 is 0 Å². The molecule has 3 aliphatic carbocycles. The second kappa shape index (κ2) is 6.60. The lowest BCUT2D eigenvalue weighted by atomic mass is 9.49. The predicted molar refractivity (Wildman–Crippen MR) is 86.6 cm³/mol. The molecule has 0 unspecified atom stereocenters. The van der Waals surface area contributed by atoms with Gasteiger partial charge in [-0.05, 0) is 55.1 Å². The Balaban J connectivity index is 1.37. The van der Waals surface area contributed by atoms with E-state index in [9.17, 15) is 10.2 Å². The van der Waals surface area contributed by atoms with Crippen LogP contribution in [0, 0.1) is 17.3 Å². The Morgan fingerprint density at radius 2 is 2.27 bits per heavy atom. The molecule has 4 nitrogen and oxygen atoms in total. The van der Waals surface area contributed by atoms with Gasteiger partial charge in [-0.15, -0.1) is 0 Å². The van der Waals surface area contributed by atoms with Crippen molar-refractivity contribution in [2.45, 2.75) is 51.7 Å². The highest BCUT2D eigenvalue weighted by molar-refractivity contribution is 5.23. The van der Waals surface area contributed by atoms with E-state index >= 15 is 0 Å². The molecule has 4 atom stereocenters. The Bertz CT molecular complexity index is 421. The van der Waals surface area contributed by atoms with Crippen molar-refractivity contribution in [1.82, 2.24) is 4.90 Å². The van der Waals surface area contributed by atoms with E-state index in [1.807, 2.05) is 0 Å². The van der Waals surface area contributed by atoms with Gasteiger partial charge >= 0.3 is 0 Å². The summed E-state index contributed by atoms with van der Waals surface area (Å²) in [4.78, 5) is 2.14. The molecule has 2 fully saturated rings. The fourth-order valence-corrected chi connectivity index (χ4v) is 4.50. The van der Waals surface area contributed by atoms with Crippen LogP contribution in [0.3, 0.4) is 0 Å². The minimum atomic E-state index is -0.461. The second-order valence-electron chi connectivity index (χ2n) is 8.05. The molecule has 1 aliphatic heterocycles. The lowest BCUT2D eigenvalue weighted by molar-refractivity contribution is -0.0290. The summed E-state index contributed by atoms with van der Waals surface area (Å²) in [5.74, 6) is 1.54. The normalized spacial score (nSPS) is 35.6. The smallest absolute Gasteiger partial charge is 0.0900 e. The molecule has 126 valence electrons. The lowest BCUT2D eigenvalue weighted by Gasteiger charge is -2.56. The van der Waals surface area contributed by atoms with Gasteiger partial charge in [0.2, 0.25) is 0 Å². The van der Waals surface area contributed by atoms with Crippen molar-refractivity contribution in [3.63, 3.8) is 0 Å². The SMILES string of the molecule is CC1(C)[C@H]2CC=C(COC[C@H](O)CN3CCC[C@H](O)C3)[C@H]1C2. The molecule has 0 spiro atoms. The summed E-state index contributed by atoms with van der Waals surface area (Å²) in [6.07, 6.45) is 6.07. The van der Waals surface area contributed by atoms with Crippen molar-refractivity contribution in [3.8, 4) is 0 Å². The van der Waals surface area contributed by atoms with Crippen molar-refractivity contribution >= 4 is 0 Å². The number of hydrogen-bond donors (Lipinski definition) is 2. The Kier molecular flexibility index (Phi) is 4.93. The van der Waals surface area contributed by atoms with E-state index in [2.05, 4.69) is 24.8 Å². The number of fused-ring (bicyclic) bond motifs is 1. The van der Waals surface area contributed by atoms with E-state index in [1.54, 1.807) is 0 Å². The third kappa shape index (κ3) is 3.40. The summed E-state index contributed by atoms with van der Waals surface area (Å²) >= 11 is 0. The van der Waals surface area contributed by atoms with Gasteiger partial charge in [-0.2, -0.15) is 0 Å². The Morgan fingerprint density at radius 1 is 1.45 bits per heavy atom. The van der Waals surface area contributed by atoms with Gasteiger partial charge in [-0.3, -0.25) is 4.90 Å². The van der Waals surface area contributed by atoms with Gasteiger partial charge in [0.05, 0.1) is 25.4 Å². The second-order valence-corrected chi connectivity index (χ2v) is 8.05. The molecule has 4 aliphatic rings. The number of aliphatic hydroxyl groups is 2. The van der Waals surface area contributed by atoms with Gasteiger partial charge in [0.25, 0.3) is 0 Å². The maximum absolute atomic E-state index is 10.1. The number of ether oxygens (including phenoxy) is 1. The van der Waals surface area contributed by atoms with E-state index < -0.39 is 6.10 Å². The van der Waals surface area contributed by atoms with Crippen molar-refractivity contribution in [2.75, 3.05) is 32.8 Å². The molecule has 0 aromatic rings. The molecule has 0 amide bonds. The topological polar surface area (TPSA) is 52.9 Å². The molecule has 22 heavy (non-hydrogen) atoms. The molecular formula is C18H31NO3. The zero-order valence-electron chi connectivity index (χ0n) is 14.0. The first-order valence-corrected chi connectivity index (χ1v) is 8.82. The highest BCUT2D eigenvalue weighted by atomic mass is 16.5. The summed E-state index contributed by atoms with van der Waals surface area (Å²) < 4.78 is 5.78. The van der Waals surface area contributed by atoms with E-state index in [0.717, 1.165) is 25.3 Å². The fourth-order valence-electron chi connectivity index (χ4n) is 4.50. The molecule has 1 saturated heterocycles. The van der Waals surface area contributed by atoms with Crippen molar-refractivity contribution in [1.29, 1.82) is 0 Å². The van der Waals surface area contributed by atoms with Gasteiger partial charge in [-0.1, -0.05) is 19.9 Å². The third-order valence-electron chi connectivity index (χ3n) is 6.11. The average molecular weight is 309 g/mol. The summed E-state index contributed by atoms with van der Waals surface area (Å²) in [5.41, 5.74) is 1.88. The first-order valence-electron chi connectivity index (χ1n) is 8.82. The van der Waals surface area contributed by atoms with Crippen LogP contribution in [0.5, 0.6) is 0 Å². The zero-order valence-corrected chi connectivity index (χ0v) is 14.0. The fraction of sp³-hybridized carbons (Fsp3) is 0.889.